The SMILES string of the molecule is O=C(N[C@@H](CCO)C(=O)O)c1cccc(Cl)c1Cl. The molecule has 0 aromatic heterocycles. The van der Waals surface area contributed by atoms with E-state index >= 15 is 0 Å². The molecule has 0 saturated carbocycles. The Balaban J connectivity index is 2.87. The minimum atomic E-state index is -1.23. The van der Waals surface area contributed by atoms with Crippen LogP contribution in [0.5, 0.6) is 0 Å². The molecule has 5 nitrogen and oxygen atoms in total. The minimum absolute atomic E-state index is 0.0600. The van der Waals surface area contributed by atoms with Crippen molar-refractivity contribution in [1.29, 1.82) is 0 Å². The van der Waals surface area contributed by atoms with E-state index in [-0.39, 0.29) is 28.6 Å². The van der Waals surface area contributed by atoms with Crippen LogP contribution in [-0.2, 0) is 4.79 Å². The highest BCUT2D eigenvalue weighted by molar-refractivity contribution is 6.43. The summed E-state index contributed by atoms with van der Waals surface area (Å²) in [6.45, 7) is -0.347. The molecule has 0 bridgehead atoms. The zero-order chi connectivity index (χ0) is 13.7. The number of carbonyl (C=O) groups is 2. The lowest BCUT2D eigenvalue weighted by molar-refractivity contribution is -0.139. The maximum absolute atomic E-state index is 11.8. The van der Waals surface area contributed by atoms with Crippen molar-refractivity contribution in [1.82, 2.24) is 5.32 Å². The molecule has 0 aliphatic carbocycles. The summed E-state index contributed by atoms with van der Waals surface area (Å²) in [7, 11) is 0. The molecule has 18 heavy (non-hydrogen) atoms. The van der Waals surface area contributed by atoms with Gasteiger partial charge in [0.2, 0.25) is 0 Å². The summed E-state index contributed by atoms with van der Waals surface area (Å²) >= 11 is 11.6. The molecule has 0 unspecified atom stereocenters. The summed E-state index contributed by atoms with van der Waals surface area (Å²) in [6, 6.07) is 3.31. The fraction of sp³-hybridized carbons (Fsp3) is 0.273. The molecule has 7 heteroatoms. The van der Waals surface area contributed by atoms with Crippen LogP contribution in [0, 0.1) is 0 Å². The molecule has 98 valence electrons. The van der Waals surface area contributed by atoms with Crippen LogP contribution in [0.1, 0.15) is 16.8 Å². The van der Waals surface area contributed by atoms with Crippen LogP contribution in [-0.4, -0.2) is 34.7 Å². The van der Waals surface area contributed by atoms with Crippen molar-refractivity contribution >= 4 is 35.1 Å². The molecule has 1 aromatic carbocycles. The molecule has 1 rings (SSSR count). The molecule has 0 aliphatic rings. The van der Waals surface area contributed by atoms with Gasteiger partial charge in [-0.25, -0.2) is 4.79 Å². The summed E-state index contributed by atoms with van der Waals surface area (Å²) in [6.07, 6.45) is -0.0841. The Morgan fingerprint density at radius 3 is 2.56 bits per heavy atom. The van der Waals surface area contributed by atoms with Crippen molar-refractivity contribution in [2.75, 3.05) is 6.61 Å². The summed E-state index contributed by atoms with van der Waals surface area (Å²) < 4.78 is 0. The van der Waals surface area contributed by atoms with E-state index in [1.165, 1.54) is 18.2 Å². The van der Waals surface area contributed by atoms with E-state index in [0.717, 1.165) is 0 Å². The van der Waals surface area contributed by atoms with E-state index in [1.54, 1.807) is 0 Å². The summed E-state index contributed by atoms with van der Waals surface area (Å²) in [5, 5.41) is 20.1. The largest absolute Gasteiger partial charge is 0.480 e. The molecule has 1 atom stereocenters. The second-order valence-electron chi connectivity index (χ2n) is 3.48. The van der Waals surface area contributed by atoms with Gasteiger partial charge < -0.3 is 15.5 Å². The molecule has 0 spiro atoms. The number of aliphatic hydroxyl groups excluding tert-OH is 1. The smallest absolute Gasteiger partial charge is 0.326 e. The second kappa shape index (κ2) is 6.58. The summed E-state index contributed by atoms with van der Waals surface area (Å²) in [5.74, 6) is -1.88. The van der Waals surface area contributed by atoms with E-state index in [2.05, 4.69) is 5.32 Å². The highest BCUT2D eigenvalue weighted by Gasteiger charge is 2.21. The van der Waals surface area contributed by atoms with Crippen molar-refractivity contribution in [3.05, 3.63) is 33.8 Å². The molecule has 0 saturated heterocycles. The van der Waals surface area contributed by atoms with E-state index in [9.17, 15) is 9.59 Å². The van der Waals surface area contributed by atoms with Gasteiger partial charge in [-0.15, -0.1) is 0 Å². The number of hydrogen-bond acceptors (Lipinski definition) is 3. The molecule has 0 heterocycles. The minimum Gasteiger partial charge on any atom is -0.480 e. The van der Waals surface area contributed by atoms with Gasteiger partial charge in [-0.05, 0) is 12.1 Å². The Hall–Kier alpha value is -1.30. The van der Waals surface area contributed by atoms with E-state index in [1.807, 2.05) is 0 Å². The number of halogens is 2. The number of benzene rings is 1. The molecular weight excluding hydrogens is 281 g/mol. The average Bonchev–Trinajstić information content (AvgIpc) is 2.31. The topological polar surface area (TPSA) is 86.6 Å². The molecule has 0 radical (unpaired) electrons. The number of carboxylic acid groups (broad SMARTS) is 1. The number of aliphatic hydroxyl groups is 1. The monoisotopic (exact) mass is 291 g/mol. The standard InChI is InChI=1S/C11H11Cl2NO4/c12-7-3-1-2-6(9(7)13)10(16)14-8(4-5-15)11(17)18/h1-3,8,15H,4-5H2,(H,14,16)(H,17,18)/t8-/m0/s1. The summed E-state index contributed by atoms with van der Waals surface area (Å²) in [5.41, 5.74) is 0.0911. The van der Waals surface area contributed by atoms with Crippen molar-refractivity contribution in [3.8, 4) is 0 Å². The van der Waals surface area contributed by atoms with Gasteiger partial charge in [-0.3, -0.25) is 4.79 Å². The van der Waals surface area contributed by atoms with Gasteiger partial charge in [-0.1, -0.05) is 29.3 Å². The first-order valence-corrected chi connectivity index (χ1v) is 5.81. The number of aliphatic carboxylic acids is 1. The van der Waals surface area contributed by atoms with Gasteiger partial charge in [-0.2, -0.15) is 0 Å². The highest BCUT2D eigenvalue weighted by Crippen LogP contribution is 2.25. The number of carboxylic acids is 1. The number of rotatable bonds is 5. The van der Waals surface area contributed by atoms with Crippen molar-refractivity contribution in [2.24, 2.45) is 0 Å². The number of nitrogens with one attached hydrogen (secondary N) is 1. The van der Waals surface area contributed by atoms with Crippen LogP contribution in [0.15, 0.2) is 18.2 Å². The summed E-state index contributed by atoms with van der Waals surface area (Å²) in [4.78, 5) is 22.6. The Labute approximate surface area is 113 Å². The zero-order valence-electron chi connectivity index (χ0n) is 9.19. The van der Waals surface area contributed by atoms with Crippen molar-refractivity contribution < 1.29 is 19.8 Å². The van der Waals surface area contributed by atoms with Gasteiger partial charge in [0.1, 0.15) is 6.04 Å². The predicted molar refractivity (Wildman–Crippen MR) is 67.1 cm³/mol. The van der Waals surface area contributed by atoms with Gasteiger partial charge in [0.25, 0.3) is 5.91 Å². The lowest BCUT2D eigenvalue weighted by Gasteiger charge is -2.14. The first kappa shape index (κ1) is 14.8. The average molecular weight is 292 g/mol. The van der Waals surface area contributed by atoms with Crippen LogP contribution in [0.4, 0.5) is 0 Å². The van der Waals surface area contributed by atoms with Crippen LogP contribution < -0.4 is 5.32 Å². The third-order valence-electron chi connectivity index (χ3n) is 2.22. The zero-order valence-corrected chi connectivity index (χ0v) is 10.7. The first-order chi connectivity index (χ1) is 8.47. The lowest BCUT2D eigenvalue weighted by Crippen LogP contribution is -2.41. The fourth-order valence-electron chi connectivity index (χ4n) is 1.30. The third kappa shape index (κ3) is 3.60. The first-order valence-electron chi connectivity index (χ1n) is 5.06. The maximum atomic E-state index is 11.8. The maximum Gasteiger partial charge on any atom is 0.326 e. The Morgan fingerprint density at radius 1 is 1.33 bits per heavy atom. The van der Waals surface area contributed by atoms with E-state index < -0.39 is 17.9 Å². The molecule has 0 aliphatic heterocycles. The van der Waals surface area contributed by atoms with E-state index in [4.69, 9.17) is 33.4 Å². The Kier molecular flexibility index (Phi) is 5.40. The second-order valence-corrected chi connectivity index (χ2v) is 4.26. The van der Waals surface area contributed by atoms with Crippen LogP contribution >= 0.6 is 23.2 Å². The van der Waals surface area contributed by atoms with Gasteiger partial charge in [0.15, 0.2) is 0 Å². The molecule has 1 amide bonds. The molecule has 0 fully saturated rings. The number of amides is 1. The normalized spacial score (nSPS) is 11.9. The molecular formula is C11H11Cl2NO4. The van der Waals surface area contributed by atoms with Crippen molar-refractivity contribution in [2.45, 2.75) is 12.5 Å². The van der Waals surface area contributed by atoms with Gasteiger partial charge in [0, 0.05) is 13.0 Å². The highest BCUT2D eigenvalue weighted by atomic mass is 35.5. The van der Waals surface area contributed by atoms with Gasteiger partial charge >= 0.3 is 5.97 Å². The lowest BCUT2D eigenvalue weighted by atomic mass is 10.1. The predicted octanol–water partition coefficient (Wildman–Crippen LogP) is 1.56. The fourth-order valence-corrected chi connectivity index (χ4v) is 1.69. The van der Waals surface area contributed by atoms with E-state index in [0.29, 0.717) is 0 Å². The number of carbonyl (C=O) groups excluding carboxylic acids is 1. The van der Waals surface area contributed by atoms with Crippen LogP contribution in [0.3, 0.4) is 0 Å². The van der Waals surface area contributed by atoms with Crippen LogP contribution in [0.25, 0.3) is 0 Å². The third-order valence-corrected chi connectivity index (χ3v) is 3.04. The number of hydrogen-bond donors (Lipinski definition) is 3. The van der Waals surface area contributed by atoms with Crippen molar-refractivity contribution in [3.63, 3.8) is 0 Å². The Bertz CT molecular complexity index is 464. The molecule has 3 N–H and O–H groups in total. The quantitative estimate of drug-likeness (QED) is 0.768. The Morgan fingerprint density at radius 2 is 2.00 bits per heavy atom. The van der Waals surface area contributed by atoms with Gasteiger partial charge in [0.05, 0.1) is 15.6 Å². The molecule has 1 aromatic rings. The van der Waals surface area contributed by atoms with Crippen LogP contribution in [0.2, 0.25) is 10.0 Å².